The van der Waals surface area contributed by atoms with Gasteiger partial charge < -0.3 is 15.0 Å². The fraction of sp³-hybridized carbons (Fsp3) is 0.364. The van der Waals surface area contributed by atoms with Crippen molar-refractivity contribution in [2.45, 2.75) is 44.2 Å². The minimum atomic E-state index is -0.517. The second kappa shape index (κ2) is 6.98. The quantitative estimate of drug-likeness (QED) is 0.689. The summed E-state index contributed by atoms with van der Waals surface area (Å²) in [5.41, 5.74) is 2.13. The van der Waals surface area contributed by atoms with E-state index in [2.05, 4.69) is 39.0 Å². The number of halogens is 1. The molecule has 0 amide bonds. The Morgan fingerprint density at radius 3 is 2.93 bits per heavy atom. The largest absolute Gasteiger partial charge is 0.507 e. The zero-order chi connectivity index (χ0) is 20.9. The highest BCUT2D eigenvalue weighted by Crippen LogP contribution is 2.43. The van der Waals surface area contributed by atoms with E-state index >= 15 is 0 Å². The van der Waals surface area contributed by atoms with Gasteiger partial charge in [0.1, 0.15) is 17.3 Å². The number of aromatic nitrogens is 5. The molecule has 3 atom stereocenters. The van der Waals surface area contributed by atoms with Crippen molar-refractivity contribution in [1.29, 1.82) is 0 Å². The molecule has 4 heterocycles. The summed E-state index contributed by atoms with van der Waals surface area (Å²) in [5, 5.41) is 22.5. The molecule has 0 radical (unpaired) electrons. The van der Waals surface area contributed by atoms with Gasteiger partial charge in [0.05, 0.1) is 23.8 Å². The molecule has 0 unspecified atom stereocenters. The van der Waals surface area contributed by atoms with Crippen LogP contribution in [-0.4, -0.2) is 41.4 Å². The average Bonchev–Trinajstić information content (AvgIpc) is 3.36. The Balaban J connectivity index is 1.39. The van der Waals surface area contributed by atoms with Crippen LogP contribution in [0.25, 0.3) is 22.6 Å². The standard InChI is InChI=1S/C22H23FN6O/c1-13(14-7-15-3-4-22(2,10-14)26-15)18-11-25-21(28-27-18)16-8-17(23)19(9-20(16)30)29-6-5-24-12-29/h5-6,8-9,11-12,14-15,26,30H,1,3-4,7,10H2,2H3/t14-,15-,22+/m1/s1. The first kappa shape index (κ1) is 18.9. The van der Waals surface area contributed by atoms with E-state index in [-0.39, 0.29) is 28.4 Å². The number of allylic oxidation sites excluding steroid dienone is 1. The summed E-state index contributed by atoms with van der Waals surface area (Å²) >= 11 is 0. The SMILES string of the molecule is C=C(c1cnc(-c2cc(F)c(-n3ccnc3)cc2O)nn1)[C@@H]1C[C@H]2CC[C@@](C)(C1)N2. The van der Waals surface area contributed by atoms with Gasteiger partial charge in [-0.2, -0.15) is 0 Å². The van der Waals surface area contributed by atoms with E-state index in [1.54, 1.807) is 12.4 Å². The highest BCUT2D eigenvalue weighted by atomic mass is 19.1. The van der Waals surface area contributed by atoms with Gasteiger partial charge in [-0.25, -0.2) is 14.4 Å². The molecule has 2 aliphatic rings. The summed E-state index contributed by atoms with van der Waals surface area (Å²) in [4.78, 5) is 8.23. The molecular formula is C22H23FN6O. The Kier molecular flexibility index (Phi) is 4.39. The third-order valence-electron chi connectivity index (χ3n) is 6.34. The van der Waals surface area contributed by atoms with Crippen molar-refractivity contribution in [2.75, 3.05) is 0 Å². The first-order valence-corrected chi connectivity index (χ1v) is 10.1. The van der Waals surface area contributed by atoms with Crippen molar-refractivity contribution in [3.05, 3.63) is 55.1 Å². The highest BCUT2D eigenvalue weighted by Gasteiger charge is 2.42. The Morgan fingerprint density at radius 1 is 1.37 bits per heavy atom. The summed E-state index contributed by atoms with van der Waals surface area (Å²) in [5.74, 6) is -0.142. The number of fused-ring (bicyclic) bond motifs is 2. The van der Waals surface area contributed by atoms with Crippen LogP contribution in [-0.2, 0) is 0 Å². The molecule has 0 saturated carbocycles. The molecule has 154 valence electrons. The predicted octanol–water partition coefficient (Wildman–Crippen LogP) is 3.50. The van der Waals surface area contributed by atoms with Crippen molar-refractivity contribution < 1.29 is 9.50 Å². The summed E-state index contributed by atoms with van der Waals surface area (Å²) in [6, 6.07) is 3.06. The van der Waals surface area contributed by atoms with Crippen LogP contribution in [0.3, 0.4) is 0 Å². The van der Waals surface area contributed by atoms with E-state index in [0.717, 1.165) is 18.4 Å². The first-order chi connectivity index (χ1) is 14.4. The summed E-state index contributed by atoms with van der Waals surface area (Å²) in [7, 11) is 0. The normalized spacial score (nSPS) is 25.4. The number of hydrogen-bond donors (Lipinski definition) is 2. The van der Waals surface area contributed by atoms with Crippen LogP contribution in [0.5, 0.6) is 5.75 Å². The van der Waals surface area contributed by atoms with Crippen LogP contribution in [0.2, 0.25) is 0 Å². The minimum absolute atomic E-state index is 0.128. The van der Waals surface area contributed by atoms with Gasteiger partial charge in [-0.05, 0) is 50.2 Å². The minimum Gasteiger partial charge on any atom is -0.507 e. The van der Waals surface area contributed by atoms with Crippen LogP contribution in [0, 0.1) is 11.7 Å². The van der Waals surface area contributed by atoms with Crippen molar-refractivity contribution in [1.82, 2.24) is 30.0 Å². The summed E-state index contributed by atoms with van der Waals surface area (Å²) in [6.45, 7) is 6.53. The van der Waals surface area contributed by atoms with Gasteiger partial charge in [-0.1, -0.05) is 6.58 Å². The fourth-order valence-electron chi connectivity index (χ4n) is 4.79. The van der Waals surface area contributed by atoms with E-state index < -0.39 is 5.82 Å². The highest BCUT2D eigenvalue weighted by molar-refractivity contribution is 5.67. The lowest BCUT2D eigenvalue weighted by atomic mass is 9.80. The van der Waals surface area contributed by atoms with E-state index in [4.69, 9.17) is 0 Å². The van der Waals surface area contributed by atoms with Gasteiger partial charge >= 0.3 is 0 Å². The lowest BCUT2D eigenvalue weighted by molar-refractivity contribution is 0.261. The molecule has 30 heavy (non-hydrogen) atoms. The second-order valence-corrected chi connectivity index (χ2v) is 8.56. The lowest BCUT2D eigenvalue weighted by Gasteiger charge is -2.37. The Labute approximate surface area is 173 Å². The number of hydrogen-bond acceptors (Lipinski definition) is 6. The number of nitrogens with zero attached hydrogens (tertiary/aromatic N) is 5. The summed E-state index contributed by atoms with van der Waals surface area (Å²) in [6.07, 6.45) is 10.7. The number of phenols is 1. The molecule has 2 aromatic heterocycles. The molecule has 8 heteroatoms. The maximum absolute atomic E-state index is 14.6. The van der Waals surface area contributed by atoms with E-state index in [9.17, 15) is 9.50 Å². The van der Waals surface area contributed by atoms with Crippen LogP contribution >= 0.6 is 0 Å². The molecule has 2 fully saturated rings. The topological polar surface area (TPSA) is 88.8 Å². The average molecular weight is 406 g/mol. The van der Waals surface area contributed by atoms with Gasteiger partial charge in [0.25, 0.3) is 0 Å². The number of imidazole rings is 1. The Hall–Kier alpha value is -3.13. The van der Waals surface area contributed by atoms with Gasteiger partial charge in [0.2, 0.25) is 0 Å². The molecule has 7 nitrogen and oxygen atoms in total. The molecule has 3 aromatic rings. The van der Waals surface area contributed by atoms with Crippen LogP contribution in [0.15, 0.2) is 43.6 Å². The second-order valence-electron chi connectivity index (χ2n) is 8.56. The number of rotatable bonds is 4. The third kappa shape index (κ3) is 3.27. The molecule has 2 N–H and O–H groups in total. The Morgan fingerprint density at radius 2 is 2.23 bits per heavy atom. The number of phenolic OH excluding ortho intramolecular Hbond substituents is 1. The van der Waals surface area contributed by atoms with Gasteiger partial charge in [0.15, 0.2) is 5.82 Å². The zero-order valence-corrected chi connectivity index (χ0v) is 16.7. The molecule has 0 aliphatic carbocycles. The number of piperidine rings is 1. The third-order valence-corrected chi connectivity index (χ3v) is 6.34. The monoisotopic (exact) mass is 406 g/mol. The van der Waals surface area contributed by atoms with E-state index in [0.29, 0.717) is 17.7 Å². The predicted molar refractivity (Wildman–Crippen MR) is 110 cm³/mol. The van der Waals surface area contributed by atoms with Crippen molar-refractivity contribution in [3.63, 3.8) is 0 Å². The van der Waals surface area contributed by atoms with Gasteiger partial charge in [-0.15, -0.1) is 10.2 Å². The van der Waals surface area contributed by atoms with Crippen molar-refractivity contribution in [2.24, 2.45) is 5.92 Å². The van der Waals surface area contributed by atoms with E-state index in [1.807, 2.05) is 0 Å². The van der Waals surface area contributed by atoms with Crippen LogP contribution in [0.4, 0.5) is 4.39 Å². The lowest BCUT2D eigenvalue weighted by Crippen LogP contribution is -2.47. The molecule has 1 aromatic carbocycles. The molecular weight excluding hydrogens is 383 g/mol. The van der Waals surface area contributed by atoms with Gasteiger partial charge in [-0.3, -0.25) is 0 Å². The van der Waals surface area contributed by atoms with E-state index in [1.165, 1.54) is 42.1 Å². The summed E-state index contributed by atoms with van der Waals surface area (Å²) < 4.78 is 16.1. The fourth-order valence-corrected chi connectivity index (χ4v) is 4.79. The molecule has 2 aliphatic heterocycles. The van der Waals surface area contributed by atoms with Crippen LogP contribution < -0.4 is 5.32 Å². The molecule has 0 spiro atoms. The Bertz CT molecular complexity index is 1100. The van der Waals surface area contributed by atoms with Gasteiger partial charge in [0, 0.05) is 30.0 Å². The maximum Gasteiger partial charge on any atom is 0.185 e. The van der Waals surface area contributed by atoms with Crippen molar-refractivity contribution >= 4 is 5.57 Å². The molecule has 2 saturated heterocycles. The molecule has 5 rings (SSSR count). The number of nitrogens with one attached hydrogen (secondary N) is 1. The maximum atomic E-state index is 14.6. The number of aromatic hydroxyl groups is 1. The van der Waals surface area contributed by atoms with Crippen molar-refractivity contribution in [3.8, 4) is 22.8 Å². The zero-order valence-electron chi connectivity index (χ0n) is 16.7. The number of benzene rings is 1. The smallest absolute Gasteiger partial charge is 0.185 e. The molecule has 2 bridgehead atoms. The first-order valence-electron chi connectivity index (χ1n) is 10.1. The van der Waals surface area contributed by atoms with Crippen LogP contribution in [0.1, 0.15) is 38.3 Å².